The summed E-state index contributed by atoms with van der Waals surface area (Å²) in [5, 5.41) is 0. The fourth-order valence-electron chi connectivity index (χ4n) is 1.47. The van der Waals surface area contributed by atoms with Crippen molar-refractivity contribution in [3.8, 4) is 5.75 Å². The first-order chi connectivity index (χ1) is 8.68. The van der Waals surface area contributed by atoms with E-state index in [2.05, 4.69) is 0 Å². The van der Waals surface area contributed by atoms with Crippen LogP contribution in [0.3, 0.4) is 0 Å². The number of esters is 1. The summed E-state index contributed by atoms with van der Waals surface area (Å²) >= 11 is 3.08. The molecule has 94 valence electrons. The highest BCUT2D eigenvalue weighted by molar-refractivity contribution is 8.25. The molecule has 0 atom stereocenters. The van der Waals surface area contributed by atoms with Crippen molar-refractivity contribution in [2.45, 2.75) is 6.92 Å². The lowest BCUT2D eigenvalue weighted by atomic mass is 10.2. The quantitative estimate of drug-likeness (QED) is 0.280. The smallest absolute Gasteiger partial charge is 0.348 e. The van der Waals surface area contributed by atoms with Crippen molar-refractivity contribution in [3.63, 3.8) is 0 Å². The van der Waals surface area contributed by atoms with E-state index in [1.165, 1.54) is 30.4 Å². The van der Waals surface area contributed by atoms with Crippen LogP contribution >= 0.6 is 23.5 Å². The van der Waals surface area contributed by atoms with Crippen LogP contribution in [-0.2, 0) is 9.59 Å². The molecule has 1 aliphatic rings. The molecular formula is C13H12O3S2. The summed E-state index contributed by atoms with van der Waals surface area (Å²) in [6.07, 6.45) is 0. The van der Waals surface area contributed by atoms with E-state index in [9.17, 15) is 9.59 Å². The molecule has 0 spiro atoms. The van der Waals surface area contributed by atoms with Crippen LogP contribution in [0.25, 0.3) is 0 Å². The van der Waals surface area contributed by atoms with Gasteiger partial charge in [0.1, 0.15) is 11.3 Å². The van der Waals surface area contributed by atoms with Crippen LogP contribution in [0.1, 0.15) is 6.92 Å². The van der Waals surface area contributed by atoms with Crippen LogP contribution in [0.4, 0.5) is 0 Å². The number of thioether (sulfide) groups is 2. The third kappa shape index (κ3) is 3.17. The number of Topliss-reactive ketones (excluding diaryl/α,β-unsaturated/α-hetero) is 1. The summed E-state index contributed by atoms with van der Waals surface area (Å²) in [5.74, 6) is 1.50. The molecule has 1 aliphatic heterocycles. The van der Waals surface area contributed by atoms with Crippen LogP contribution in [0.5, 0.6) is 5.75 Å². The monoisotopic (exact) mass is 280 g/mol. The fourth-order valence-corrected chi connectivity index (χ4v) is 4.09. The van der Waals surface area contributed by atoms with E-state index in [4.69, 9.17) is 4.74 Å². The second-order valence-electron chi connectivity index (χ2n) is 3.62. The van der Waals surface area contributed by atoms with Crippen LogP contribution in [0.15, 0.2) is 40.1 Å². The highest BCUT2D eigenvalue weighted by Gasteiger charge is 2.25. The van der Waals surface area contributed by atoms with E-state index < -0.39 is 5.97 Å². The molecule has 0 bridgehead atoms. The van der Waals surface area contributed by atoms with Gasteiger partial charge in [-0.15, -0.1) is 23.5 Å². The normalized spacial score (nSPS) is 14.4. The minimum atomic E-state index is -0.564. The Balaban J connectivity index is 2.20. The lowest BCUT2D eigenvalue weighted by Crippen LogP contribution is -2.17. The van der Waals surface area contributed by atoms with Crippen LogP contribution in [-0.4, -0.2) is 23.3 Å². The average Bonchev–Trinajstić information content (AvgIpc) is 2.83. The average molecular weight is 280 g/mol. The minimum absolute atomic E-state index is 0.173. The third-order valence-corrected chi connectivity index (χ3v) is 4.98. The van der Waals surface area contributed by atoms with E-state index in [1.54, 1.807) is 24.3 Å². The van der Waals surface area contributed by atoms with Gasteiger partial charge in [-0.1, -0.05) is 18.2 Å². The summed E-state index contributed by atoms with van der Waals surface area (Å²) in [7, 11) is 0. The number of ketones is 1. The van der Waals surface area contributed by atoms with E-state index in [1.807, 2.05) is 6.07 Å². The number of carbonyl (C=O) groups excluding carboxylic acids is 2. The van der Waals surface area contributed by atoms with Crippen molar-refractivity contribution in [2.24, 2.45) is 0 Å². The van der Waals surface area contributed by atoms with Gasteiger partial charge in [-0.2, -0.15) is 0 Å². The molecule has 1 aromatic rings. The molecule has 1 saturated heterocycles. The van der Waals surface area contributed by atoms with Crippen molar-refractivity contribution < 1.29 is 14.3 Å². The van der Waals surface area contributed by atoms with Crippen molar-refractivity contribution >= 4 is 35.3 Å². The largest absolute Gasteiger partial charge is 0.423 e. The van der Waals surface area contributed by atoms with Crippen molar-refractivity contribution in [3.05, 3.63) is 40.1 Å². The van der Waals surface area contributed by atoms with Gasteiger partial charge in [-0.05, 0) is 19.1 Å². The molecule has 0 aliphatic carbocycles. The number of hydrogen-bond acceptors (Lipinski definition) is 5. The van der Waals surface area contributed by atoms with E-state index in [0.717, 1.165) is 15.7 Å². The zero-order valence-electron chi connectivity index (χ0n) is 9.84. The number of hydrogen-bond donors (Lipinski definition) is 0. The summed E-state index contributed by atoms with van der Waals surface area (Å²) in [6, 6.07) is 8.78. The number of ether oxygens (including phenoxy) is 1. The minimum Gasteiger partial charge on any atom is -0.423 e. The Kier molecular flexibility index (Phi) is 4.49. The molecule has 0 amide bonds. The lowest BCUT2D eigenvalue weighted by Gasteiger charge is -2.07. The first-order valence-corrected chi connectivity index (χ1v) is 7.43. The molecule has 0 saturated carbocycles. The number of carbonyl (C=O) groups is 2. The molecule has 0 aromatic heterocycles. The van der Waals surface area contributed by atoms with Crippen molar-refractivity contribution in [1.82, 2.24) is 0 Å². The van der Waals surface area contributed by atoms with Gasteiger partial charge < -0.3 is 4.74 Å². The predicted octanol–water partition coefficient (Wildman–Crippen LogP) is 2.87. The Morgan fingerprint density at radius 1 is 1.11 bits per heavy atom. The van der Waals surface area contributed by atoms with E-state index in [-0.39, 0.29) is 11.4 Å². The molecule has 3 nitrogen and oxygen atoms in total. The highest BCUT2D eigenvalue weighted by atomic mass is 32.2. The predicted molar refractivity (Wildman–Crippen MR) is 74.7 cm³/mol. The van der Waals surface area contributed by atoms with Gasteiger partial charge in [0.2, 0.25) is 0 Å². The van der Waals surface area contributed by atoms with Crippen LogP contribution in [0.2, 0.25) is 0 Å². The van der Waals surface area contributed by atoms with Gasteiger partial charge in [-0.3, -0.25) is 4.79 Å². The van der Waals surface area contributed by atoms with Crippen molar-refractivity contribution in [2.75, 3.05) is 11.5 Å². The van der Waals surface area contributed by atoms with Gasteiger partial charge in [0.05, 0.1) is 4.24 Å². The molecule has 0 N–H and O–H groups in total. The lowest BCUT2D eigenvalue weighted by molar-refractivity contribution is -0.132. The maximum atomic E-state index is 12.0. The van der Waals surface area contributed by atoms with Gasteiger partial charge in [0, 0.05) is 11.5 Å². The van der Waals surface area contributed by atoms with Gasteiger partial charge >= 0.3 is 5.97 Å². The van der Waals surface area contributed by atoms with Gasteiger partial charge in [-0.25, -0.2) is 4.79 Å². The highest BCUT2D eigenvalue weighted by Crippen LogP contribution is 2.39. The molecule has 18 heavy (non-hydrogen) atoms. The second-order valence-corrected chi connectivity index (χ2v) is 6.09. The first kappa shape index (κ1) is 13.2. The Morgan fingerprint density at radius 2 is 1.72 bits per heavy atom. The molecule has 2 rings (SSSR count). The molecule has 0 unspecified atom stereocenters. The molecule has 5 heteroatoms. The summed E-state index contributed by atoms with van der Waals surface area (Å²) < 4.78 is 5.99. The second kappa shape index (κ2) is 6.11. The SMILES string of the molecule is CC(=O)C(C(=O)Oc1ccccc1)=C1SCCS1. The van der Waals surface area contributed by atoms with E-state index >= 15 is 0 Å². The summed E-state index contributed by atoms with van der Waals surface area (Å²) in [6.45, 7) is 1.40. The topological polar surface area (TPSA) is 43.4 Å². The standard InChI is InChI=1S/C13H12O3S2/c1-9(14)11(13-17-7-8-18-13)12(15)16-10-5-3-2-4-6-10/h2-6H,7-8H2,1H3. The molecule has 1 aromatic carbocycles. The summed E-state index contributed by atoms with van der Waals surface area (Å²) in [4.78, 5) is 23.6. The number of benzene rings is 1. The van der Waals surface area contributed by atoms with Crippen LogP contribution in [0, 0.1) is 0 Å². The number of rotatable bonds is 3. The Labute approximate surface area is 114 Å². The molecule has 1 heterocycles. The Morgan fingerprint density at radius 3 is 2.28 bits per heavy atom. The van der Waals surface area contributed by atoms with Crippen molar-refractivity contribution in [1.29, 1.82) is 0 Å². The number of para-hydroxylation sites is 1. The molecule has 1 fully saturated rings. The molecular weight excluding hydrogens is 268 g/mol. The molecule has 0 radical (unpaired) electrons. The first-order valence-electron chi connectivity index (χ1n) is 5.46. The Bertz CT molecular complexity index is 486. The zero-order valence-corrected chi connectivity index (χ0v) is 11.5. The van der Waals surface area contributed by atoms with Gasteiger partial charge in [0.25, 0.3) is 0 Å². The van der Waals surface area contributed by atoms with E-state index in [0.29, 0.717) is 5.75 Å². The zero-order chi connectivity index (χ0) is 13.0. The fraction of sp³-hybridized carbons (Fsp3) is 0.231. The maximum absolute atomic E-state index is 12.0. The van der Waals surface area contributed by atoms with Crippen LogP contribution < -0.4 is 4.74 Å². The summed E-state index contributed by atoms with van der Waals surface area (Å²) in [5.41, 5.74) is 0.173. The van der Waals surface area contributed by atoms with Gasteiger partial charge in [0.15, 0.2) is 5.78 Å². The Hall–Kier alpha value is -1.20. The third-order valence-electron chi connectivity index (χ3n) is 2.26. The maximum Gasteiger partial charge on any atom is 0.348 e.